The lowest BCUT2D eigenvalue weighted by molar-refractivity contribution is -0.385. The monoisotopic (exact) mass is 368 g/mol. The molecule has 3 aromatic rings. The Hall–Kier alpha value is -3.33. The summed E-state index contributed by atoms with van der Waals surface area (Å²) >= 11 is 1.40. The SMILES string of the molecule is O=[N+]([O-])c1cccc(CSc2ccc(-c3cccc([N+](=O)[O-])c3)nn2)c1. The van der Waals surface area contributed by atoms with E-state index >= 15 is 0 Å². The van der Waals surface area contributed by atoms with E-state index in [2.05, 4.69) is 10.2 Å². The first-order valence-corrected chi connectivity index (χ1v) is 8.46. The molecule has 0 amide bonds. The zero-order chi connectivity index (χ0) is 18.5. The van der Waals surface area contributed by atoms with Crippen molar-refractivity contribution < 1.29 is 9.85 Å². The Kier molecular flexibility index (Phi) is 5.18. The van der Waals surface area contributed by atoms with Gasteiger partial charge in [-0.05, 0) is 17.7 Å². The maximum Gasteiger partial charge on any atom is 0.270 e. The smallest absolute Gasteiger partial charge is 0.258 e. The third kappa shape index (κ3) is 4.19. The van der Waals surface area contributed by atoms with E-state index < -0.39 is 9.85 Å². The summed E-state index contributed by atoms with van der Waals surface area (Å²) in [4.78, 5) is 20.8. The third-order valence-electron chi connectivity index (χ3n) is 3.50. The second kappa shape index (κ2) is 7.70. The summed E-state index contributed by atoms with van der Waals surface area (Å²) in [6.45, 7) is 0. The van der Waals surface area contributed by atoms with Crippen molar-refractivity contribution in [2.24, 2.45) is 0 Å². The highest BCUT2D eigenvalue weighted by Gasteiger charge is 2.09. The summed E-state index contributed by atoms with van der Waals surface area (Å²) < 4.78 is 0. The van der Waals surface area contributed by atoms with E-state index in [-0.39, 0.29) is 11.4 Å². The van der Waals surface area contributed by atoms with Crippen molar-refractivity contribution >= 4 is 23.1 Å². The van der Waals surface area contributed by atoms with Gasteiger partial charge in [0.15, 0.2) is 0 Å². The van der Waals surface area contributed by atoms with E-state index in [1.807, 2.05) is 6.07 Å². The molecule has 0 saturated carbocycles. The first kappa shape index (κ1) is 17.5. The minimum atomic E-state index is -0.458. The second-order valence-electron chi connectivity index (χ2n) is 5.28. The summed E-state index contributed by atoms with van der Waals surface area (Å²) in [5.41, 5.74) is 2.01. The van der Waals surface area contributed by atoms with Crippen LogP contribution in [0.5, 0.6) is 0 Å². The molecule has 0 atom stereocenters. The Balaban J connectivity index is 1.70. The maximum absolute atomic E-state index is 10.8. The highest BCUT2D eigenvalue weighted by Crippen LogP contribution is 2.25. The van der Waals surface area contributed by atoms with Crippen LogP contribution in [0.4, 0.5) is 11.4 Å². The molecule has 0 aliphatic carbocycles. The molecule has 130 valence electrons. The summed E-state index contributed by atoms with van der Waals surface area (Å²) in [7, 11) is 0. The van der Waals surface area contributed by atoms with Gasteiger partial charge in [-0.25, -0.2) is 0 Å². The van der Waals surface area contributed by atoms with Crippen LogP contribution in [-0.4, -0.2) is 20.0 Å². The number of nitro groups is 2. The van der Waals surface area contributed by atoms with Gasteiger partial charge in [0.1, 0.15) is 5.03 Å². The molecular weight excluding hydrogens is 356 g/mol. The van der Waals surface area contributed by atoms with Crippen LogP contribution in [0.2, 0.25) is 0 Å². The predicted octanol–water partition coefficient (Wildman–Crippen LogP) is 4.25. The molecule has 0 bridgehead atoms. The number of benzene rings is 2. The van der Waals surface area contributed by atoms with Crippen LogP contribution in [0.3, 0.4) is 0 Å². The van der Waals surface area contributed by atoms with Gasteiger partial charge in [-0.3, -0.25) is 20.2 Å². The highest BCUT2D eigenvalue weighted by molar-refractivity contribution is 7.98. The third-order valence-corrected chi connectivity index (χ3v) is 4.49. The number of hydrogen-bond acceptors (Lipinski definition) is 7. The molecule has 0 aliphatic heterocycles. The van der Waals surface area contributed by atoms with Crippen LogP contribution < -0.4 is 0 Å². The Morgan fingerprint density at radius 3 is 2.19 bits per heavy atom. The minimum absolute atomic E-state index is 0.00609. The molecule has 0 spiro atoms. The molecule has 8 nitrogen and oxygen atoms in total. The molecule has 1 aromatic heterocycles. The molecule has 0 aliphatic rings. The van der Waals surface area contributed by atoms with E-state index in [0.29, 0.717) is 22.0 Å². The first-order chi connectivity index (χ1) is 12.5. The average molecular weight is 368 g/mol. The van der Waals surface area contributed by atoms with E-state index in [0.717, 1.165) is 5.56 Å². The van der Waals surface area contributed by atoms with Gasteiger partial charge in [-0.2, -0.15) is 0 Å². The number of hydrogen-bond donors (Lipinski definition) is 0. The van der Waals surface area contributed by atoms with Crippen molar-refractivity contribution in [3.05, 3.63) is 86.5 Å². The molecule has 3 rings (SSSR count). The summed E-state index contributed by atoms with van der Waals surface area (Å²) in [5, 5.41) is 30.5. The molecule has 0 fully saturated rings. The van der Waals surface area contributed by atoms with Gasteiger partial charge in [0.05, 0.1) is 15.5 Å². The highest BCUT2D eigenvalue weighted by atomic mass is 32.2. The number of non-ortho nitro benzene ring substituents is 2. The summed E-state index contributed by atoms with van der Waals surface area (Å²) in [5.74, 6) is 0.520. The number of nitrogens with zero attached hydrogens (tertiary/aromatic N) is 4. The lowest BCUT2D eigenvalue weighted by Gasteiger charge is -2.03. The first-order valence-electron chi connectivity index (χ1n) is 7.47. The van der Waals surface area contributed by atoms with E-state index in [4.69, 9.17) is 0 Å². The van der Waals surface area contributed by atoms with Gasteiger partial charge in [0.25, 0.3) is 11.4 Å². The Morgan fingerprint density at radius 1 is 0.846 bits per heavy atom. The summed E-state index contributed by atoms with van der Waals surface area (Å²) in [6.07, 6.45) is 0. The van der Waals surface area contributed by atoms with Crippen LogP contribution >= 0.6 is 11.8 Å². The Morgan fingerprint density at radius 2 is 1.54 bits per heavy atom. The molecule has 9 heteroatoms. The van der Waals surface area contributed by atoms with Crippen molar-refractivity contribution in [3.8, 4) is 11.3 Å². The molecule has 1 heterocycles. The lowest BCUT2D eigenvalue weighted by atomic mass is 10.1. The van der Waals surface area contributed by atoms with Crippen molar-refractivity contribution in [1.29, 1.82) is 0 Å². The predicted molar refractivity (Wildman–Crippen MR) is 96.8 cm³/mol. The normalized spacial score (nSPS) is 10.5. The Labute approximate surface area is 152 Å². The van der Waals surface area contributed by atoms with Crippen LogP contribution in [0.15, 0.2) is 65.7 Å². The molecule has 26 heavy (non-hydrogen) atoms. The number of thioether (sulfide) groups is 1. The zero-order valence-corrected chi connectivity index (χ0v) is 14.1. The second-order valence-corrected chi connectivity index (χ2v) is 6.28. The fourth-order valence-electron chi connectivity index (χ4n) is 2.25. The lowest BCUT2D eigenvalue weighted by Crippen LogP contribution is -1.92. The van der Waals surface area contributed by atoms with Crippen LogP contribution in [-0.2, 0) is 5.75 Å². The molecular formula is C17H12N4O4S. The fraction of sp³-hybridized carbons (Fsp3) is 0.0588. The maximum atomic E-state index is 10.8. The molecule has 0 unspecified atom stereocenters. The van der Waals surface area contributed by atoms with Gasteiger partial charge in [0.2, 0.25) is 0 Å². The number of rotatable bonds is 6. The molecule has 2 aromatic carbocycles. The van der Waals surface area contributed by atoms with Crippen molar-refractivity contribution in [2.75, 3.05) is 0 Å². The quantitative estimate of drug-likeness (QED) is 0.363. The molecule has 0 radical (unpaired) electrons. The largest absolute Gasteiger partial charge is 0.270 e. The standard InChI is InChI=1S/C17H12N4O4S/c22-20(23)14-5-1-3-12(9-14)11-26-17-8-7-16(18-19-17)13-4-2-6-15(10-13)21(24)25/h1-10H,11H2. The fourth-order valence-corrected chi connectivity index (χ4v) is 3.00. The van der Waals surface area contributed by atoms with Crippen LogP contribution in [0.25, 0.3) is 11.3 Å². The van der Waals surface area contributed by atoms with Crippen molar-refractivity contribution in [1.82, 2.24) is 10.2 Å². The Bertz CT molecular complexity index is 963. The van der Waals surface area contributed by atoms with Crippen LogP contribution in [0.1, 0.15) is 5.56 Å². The topological polar surface area (TPSA) is 112 Å². The average Bonchev–Trinajstić information content (AvgIpc) is 2.67. The van der Waals surface area contributed by atoms with Gasteiger partial charge in [-0.1, -0.05) is 36.0 Å². The van der Waals surface area contributed by atoms with E-state index in [1.165, 1.54) is 36.0 Å². The zero-order valence-electron chi connectivity index (χ0n) is 13.3. The van der Waals surface area contributed by atoms with Crippen molar-refractivity contribution in [3.63, 3.8) is 0 Å². The van der Waals surface area contributed by atoms with Gasteiger partial charge >= 0.3 is 0 Å². The minimum Gasteiger partial charge on any atom is -0.258 e. The van der Waals surface area contributed by atoms with Crippen molar-refractivity contribution in [2.45, 2.75) is 10.8 Å². The number of aromatic nitrogens is 2. The molecule has 0 N–H and O–H groups in total. The van der Waals surface area contributed by atoms with Gasteiger partial charge in [-0.15, -0.1) is 10.2 Å². The molecule has 0 saturated heterocycles. The van der Waals surface area contributed by atoms with E-state index in [1.54, 1.807) is 30.3 Å². The number of nitro benzene ring substituents is 2. The summed E-state index contributed by atoms with van der Waals surface area (Å²) in [6, 6.07) is 16.1. The van der Waals surface area contributed by atoms with E-state index in [9.17, 15) is 20.2 Å². The van der Waals surface area contributed by atoms with Gasteiger partial charge in [0, 0.05) is 35.6 Å². The van der Waals surface area contributed by atoms with Gasteiger partial charge < -0.3 is 0 Å². The van der Waals surface area contributed by atoms with Crippen LogP contribution in [0, 0.1) is 20.2 Å².